The summed E-state index contributed by atoms with van der Waals surface area (Å²) in [6, 6.07) is 8.30. The minimum absolute atomic E-state index is 0.587. The van der Waals surface area contributed by atoms with Crippen molar-refractivity contribution in [2.75, 3.05) is 13.6 Å². The van der Waals surface area contributed by atoms with Crippen LogP contribution < -0.4 is 5.32 Å². The normalized spacial score (nSPS) is 11.0. The molecule has 0 aromatic heterocycles. The molecule has 1 N–H and O–H groups in total. The first-order chi connectivity index (χ1) is 6.86. The van der Waals surface area contributed by atoms with Crippen molar-refractivity contribution in [3.63, 3.8) is 0 Å². The van der Waals surface area contributed by atoms with E-state index in [-0.39, 0.29) is 0 Å². The number of hydrogen-bond donors (Lipinski definition) is 1. The third-order valence-electron chi connectivity index (χ3n) is 2.01. The standard InChI is InChI=1S/C12H16ClN/c1-14-9-3-2-4-11-5-7-12(10-13)8-6-11/h2,4-8,14H,3,9-10H2,1H3. The highest BCUT2D eigenvalue weighted by atomic mass is 35.5. The van der Waals surface area contributed by atoms with Gasteiger partial charge in [-0.05, 0) is 31.1 Å². The molecule has 0 fully saturated rings. The van der Waals surface area contributed by atoms with Crippen molar-refractivity contribution in [2.45, 2.75) is 12.3 Å². The number of rotatable bonds is 5. The van der Waals surface area contributed by atoms with Crippen LogP contribution in [0, 0.1) is 0 Å². The van der Waals surface area contributed by atoms with Crippen LogP contribution in [0.5, 0.6) is 0 Å². The summed E-state index contributed by atoms with van der Waals surface area (Å²) in [6.07, 6.45) is 5.37. The maximum absolute atomic E-state index is 5.70. The van der Waals surface area contributed by atoms with E-state index in [1.54, 1.807) is 0 Å². The monoisotopic (exact) mass is 209 g/mol. The maximum atomic E-state index is 5.70. The van der Waals surface area contributed by atoms with Gasteiger partial charge in [0.1, 0.15) is 0 Å². The van der Waals surface area contributed by atoms with Crippen LogP contribution in [-0.2, 0) is 5.88 Å². The highest BCUT2D eigenvalue weighted by molar-refractivity contribution is 6.17. The van der Waals surface area contributed by atoms with Crippen molar-refractivity contribution in [2.24, 2.45) is 0 Å². The van der Waals surface area contributed by atoms with Crippen LogP contribution in [0.1, 0.15) is 17.5 Å². The fraction of sp³-hybridized carbons (Fsp3) is 0.333. The molecule has 0 radical (unpaired) electrons. The van der Waals surface area contributed by atoms with E-state index >= 15 is 0 Å². The van der Waals surface area contributed by atoms with Crippen molar-refractivity contribution in [1.29, 1.82) is 0 Å². The molecule has 0 saturated carbocycles. The van der Waals surface area contributed by atoms with Crippen molar-refractivity contribution < 1.29 is 0 Å². The van der Waals surface area contributed by atoms with E-state index in [1.807, 2.05) is 7.05 Å². The second-order valence-electron chi connectivity index (χ2n) is 3.17. The zero-order chi connectivity index (χ0) is 10.2. The van der Waals surface area contributed by atoms with Crippen LogP contribution in [0.2, 0.25) is 0 Å². The SMILES string of the molecule is CNCCC=Cc1ccc(CCl)cc1. The topological polar surface area (TPSA) is 12.0 Å². The number of halogens is 1. The molecule has 0 aliphatic carbocycles. The molecule has 76 valence electrons. The molecule has 14 heavy (non-hydrogen) atoms. The van der Waals surface area contributed by atoms with E-state index < -0.39 is 0 Å². The molecule has 0 spiro atoms. The van der Waals surface area contributed by atoms with Crippen molar-refractivity contribution in [1.82, 2.24) is 5.32 Å². The molecular formula is C12H16ClN. The van der Waals surface area contributed by atoms with E-state index in [0.717, 1.165) is 13.0 Å². The smallest absolute Gasteiger partial charge is 0.0474 e. The Bertz CT molecular complexity index is 277. The van der Waals surface area contributed by atoms with Crippen molar-refractivity contribution in [3.05, 3.63) is 41.5 Å². The summed E-state index contributed by atoms with van der Waals surface area (Å²) in [5.74, 6) is 0.587. The van der Waals surface area contributed by atoms with Gasteiger partial charge >= 0.3 is 0 Å². The Morgan fingerprint density at radius 3 is 2.57 bits per heavy atom. The van der Waals surface area contributed by atoms with Gasteiger partial charge in [-0.2, -0.15) is 0 Å². The quantitative estimate of drug-likeness (QED) is 0.581. The summed E-state index contributed by atoms with van der Waals surface area (Å²) < 4.78 is 0. The molecule has 0 bridgehead atoms. The zero-order valence-electron chi connectivity index (χ0n) is 8.46. The van der Waals surface area contributed by atoms with Crippen LogP contribution in [0.3, 0.4) is 0 Å². The Morgan fingerprint density at radius 1 is 1.29 bits per heavy atom. The first-order valence-corrected chi connectivity index (χ1v) is 5.36. The van der Waals surface area contributed by atoms with E-state index in [0.29, 0.717) is 5.88 Å². The van der Waals surface area contributed by atoms with Crippen LogP contribution in [-0.4, -0.2) is 13.6 Å². The van der Waals surface area contributed by atoms with Gasteiger partial charge in [0.05, 0.1) is 0 Å². The summed E-state index contributed by atoms with van der Waals surface area (Å²) in [4.78, 5) is 0. The first-order valence-electron chi connectivity index (χ1n) is 4.83. The van der Waals surface area contributed by atoms with Gasteiger partial charge in [-0.3, -0.25) is 0 Å². The Labute approximate surface area is 90.8 Å². The Kier molecular flexibility index (Phi) is 5.35. The fourth-order valence-corrected chi connectivity index (χ4v) is 1.34. The van der Waals surface area contributed by atoms with Crippen LogP contribution in [0.15, 0.2) is 30.3 Å². The minimum Gasteiger partial charge on any atom is -0.319 e. The Hall–Kier alpha value is -0.790. The largest absolute Gasteiger partial charge is 0.319 e. The Balaban J connectivity index is 2.47. The third-order valence-corrected chi connectivity index (χ3v) is 2.31. The number of benzene rings is 1. The van der Waals surface area contributed by atoms with E-state index in [1.165, 1.54) is 11.1 Å². The summed E-state index contributed by atoms with van der Waals surface area (Å²) in [5.41, 5.74) is 2.40. The van der Waals surface area contributed by atoms with Gasteiger partial charge in [0.2, 0.25) is 0 Å². The summed E-state index contributed by atoms with van der Waals surface area (Å²) >= 11 is 5.70. The van der Waals surface area contributed by atoms with Gasteiger partial charge in [0.15, 0.2) is 0 Å². The lowest BCUT2D eigenvalue weighted by molar-refractivity contribution is 0.809. The molecule has 0 aliphatic heterocycles. The van der Waals surface area contributed by atoms with Gasteiger partial charge in [-0.15, -0.1) is 11.6 Å². The zero-order valence-corrected chi connectivity index (χ0v) is 9.22. The third kappa shape index (κ3) is 3.95. The van der Waals surface area contributed by atoms with Crippen LogP contribution in [0.4, 0.5) is 0 Å². The molecule has 0 heterocycles. The summed E-state index contributed by atoms with van der Waals surface area (Å²) in [5, 5.41) is 3.10. The van der Waals surface area contributed by atoms with E-state index in [2.05, 4.69) is 41.7 Å². The van der Waals surface area contributed by atoms with Gasteiger partial charge in [0.25, 0.3) is 0 Å². The summed E-state index contributed by atoms with van der Waals surface area (Å²) in [7, 11) is 1.96. The number of alkyl halides is 1. The first kappa shape index (κ1) is 11.3. The molecule has 0 atom stereocenters. The molecule has 1 aromatic rings. The maximum Gasteiger partial charge on any atom is 0.0474 e. The number of nitrogens with one attached hydrogen (secondary N) is 1. The second-order valence-corrected chi connectivity index (χ2v) is 3.44. The Morgan fingerprint density at radius 2 is 2.00 bits per heavy atom. The van der Waals surface area contributed by atoms with Crippen LogP contribution >= 0.6 is 11.6 Å². The van der Waals surface area contributed by atoms with E-state index in [9.17, 15) is 0 Å². The van der Waals surface area contributed by atoms with Crippen LogP contribution in [0.25, 0.3) is 6.08 Å². The van der Waals surface area contributed by atoms with Gasteiger partial charge in [-0.25, -0.2) is 0 Å². The van der Waals surface area contributed by atoms with Gasteiger partial charge < -0.3 is 5.32 Å². The highest BCUT2D eigenvalue weighted by Gasteiger charge is 1.89. The lowest BCUT2D eigenvalue weighted by atomic mass is 10.1. The molecule has 0 amide bonds. The lowest BCUT2D eigenvalue weighted by Gasteiger charge is -1.96. The molecule has 1 nitrogen and oxygen atoms in total. The average molecular weight is 210 g/mol. The van der Waals surface area contributed by atoms with Crippen molar-refractivity contribution in [3.8, 4) is 0 Å². The minimum atomic E-state index is 0.587. The second kappa shape index (κ2) is 6.63. The molecule has 2 heteroatoms. The lowest BCUT2D eigenvalue weighted by Crippen LogP contribution is -2.05. The molecule has 0 aliphatic rings. The molecule has 0 unspecified atom stereocenters. The predicted molar refractivity (Wildman–Crippen MR) is 63.6 cm³/mol. The molecular weight excluding hydrogens is 194 g/mol. The average Bonchev–Trinajstić information content (AvgIpc) is 2.25. The summed E-state index contributed by atoms with van der Waals surface area (Å²) in [6.45, 7) is 1.02. The van der Waals surface area contributed by atoms with Gasteiger partial charge in [-0.1, -0.05) is 36.4 Å². The van der Waals surface area contributed by atoms with E-state index in [4.69, 9.17) is 11.6 Å². The predicted octanol–water partition coefficient (Wildman–Crippen LogP) is 3.05. The van der Waals surface area contributed by atoms with Crippen molar-refractivity contribution >= 4 is 17.7 Å². The molecule has 1 rings (SSSR count). The fourth-order valence-electron chi connectivity index (χ4n) is 1.16. The molecule has 0 saturated heterocycles. The highest BCUT2D eigenvalue weighted by Crippen LogP contribution is 2.08. The van der Waals surface area contributed by atoms with Gasteiger partial charge in [0, 0.05) is 5.88 Å². The number of hydrogen-bond acceptors (Lipinski definition) is 1. The molecule has 1 aromatic carbocycles.